The summed E-state index contributed by atoms with van der Waals surface area (Å²) in [5.41, 5.74) is 1.38. The standard InChI is InChI=1S/C14H20N4O2/c1-4-10(2)18-6-5-11(17-18)7-13(19)12-8-14(20-3)16-9-15-12/h5-6,8-10,13,19H,4,7H2,1-3H3. The van der Waals surface area contributed by atoms with Crippen LogP contribution in [0.4, 0.5) is 0 Å². The van der Waals surface area contributed by atoms with E-state index in [1.807, 2.05) is 16.9 Å². The molecule has 6 heteroatoms. The third-order valence-electron chi connectivity index (χ3n) is 3.32. The molecule has 2 unspecified atom stereocenters. The maximum atomic E-state index is 10.2. The van der Waals surface area contributed by atoms with Gasteiger partial charge in [-0.2, -0.15) is 5.10 Å². The molecule has 0 amide bonds. The van der Waals surface area contributed by atoms with Gasteiger partial charge in [0.05, 0.1) is 18.5 Å². The number of aliphatic hydroxyl groups excluding tert-OH is 1. The number of hydrogen-bond donors (Lipinski definition) is 1. The fourth-order valence-electron chi connectivity index (χ4n) is 1.87. The van der Waals surface area contributed by atoms with Crippen LogP contribution in [0, 0.1) is 0 Å². The summed E-state index contributed by atoms with van der Waals surface area (Å²) in [5, 5.41) is 14.7. The van der Waals surface area contributed by atoms with Crippen LogP contribution in [0.25, 0.3) is 0 Å². The van der Waals surface area contributed by atoms with Gasteiger partial charge in [-0.25, -0.2) is 9.97 Å². The van der Waals surface area contributed by atoms with Crippen molar-refractivity contribution in [3.8, 4) is 5.88 Å². The number of rotatable bonds is 6. The molecule has 0 saturated heterocycles. The first-order valence-electron chi connectivity index (χ1n) is 6.72. The van der Waals surface area contributed by atoms with Gasteiger partial charge < -0.3 is 9.84 Å². The molecule has 0 bridgehead atoms. The van der Waals surface area contributed by atoms with Gasteiger partial charge in [-0.3, -0.25) is 4.68 Å². The predicted molar refractivity (Wildman–Crippen MR) is 74.5 cm³/mol. The van der Waals surface area contributed by atoms with Crippen LogP contribution in [-0.4, -0.2) is 32.0 Å². The Bertz CT molecular complexity index is 556. The Hall–Kier alpha value is -1.95. The molecule has 2 aromatic heterocycles. The van der Waals surface area contributed by atoms with Crippen molar-refractivity contribution in [2.45, 2.75) is 38.8 Å². The largest absolute Gasteiger partial charge is 0.481 e. The highest BCUT2D eigenvalue weighted by Gasteiger charge is 2.14. The molecule has 0 saturated carbocycles. The highest BCUT2D eigenvalue weighted by atomic mass is 16.5. The lowest BCUT2D eigenvalue weighted by atomic mass is 10.1. The van der Waals surface area contributed by atoms with Crippen molar-refractivity contribution in [1.29, 1.82) is 0 Å². The molecule has 0 aliphatic carbocycles. The van der Waals surface area contributed by atoms with Gasteiger partial charge in [0.15, 0.2) is 0 Å². The minimum Gasteiger partial charge on any atom is -0.481 e. The molecule has 0 aliphatic heterocycles. The monoisotopic (exact) mass is 276 g/mol. The predicted octanol–water partition coefficient (Wildman–Crippen LogP) is 1.93. The Morgan fingerprint density at radius 2 is 2.20 bits per heavy atom. The Kier molecular flexibility index (Phi) is 4.68. The Morgan fingerprint density at radius 3 is 2.90 bits per heavy atom. The highest BCUT2D eigenvalue weighted by Crippen LogP contribution is 2.18. The molecule has 108 valence electrons. The summed E-state index contributed by atoms with van der Waals surface area (Å²) in [6.45, 7) is 4.23. The molecular formula is C14H20N4O2. The van der Waals surface area contributed by atoms with E-state index in [9.17, 15) is 5.11 Å². The van der Waals surface area contributed by atoms with Crippen LogP contribution in [0.1, 0.15) is 43.8 Å². The summed E-state index contributed by atoms with van der Waals surface area (Å²) in [7, 11) is 1.53. The molecule has 0 radical (unpaired) electrons. The van der Waals surface area contributed by atoms with Gasteiger partial charge in [-0.05, 0) is 19.4 Å². The summed E-state index contributed by atoms with van der Waals surface area (Å²) < 4.78 is 6.94. The van der Waals surface area contributed by atoms with E-state index in [1.165, 1.54) is 13.4 Å². The van der Waals surface area contributed by atoms with Crippen molar-refractivity contribution in [1.82, 2.24) is 19.7 Å². The van der Waals surface area contributed by atoms with Crippen LogP contribution in [0.3, 0.4) is 0 Å². The lowest BCUT2D eigenvalue weighted by Gasteiger charge is -2.10. The lowest BCUT2D eigenvalue weighted by Crippen LogP contribution is -2.08. The van der Waals surface area contributed by atoms with Gasteiger partial charge in [0, 0.05) is 24.7 Å². The van der Waals surface area contributed by atoms with Gasteiger partial charge in [-0.15, -0.1) is 0 Å². The normalized spacial score (nSPS) is 14.0. The molecule has 0 fully saturated rings. The molecule has 6 nitrogen and oxygen atoms in total. The summed E-state index contributed by atoms with van der Waals surface area (Å²) >= 11 is 0. The number of aromatic nitrogens is 4. The number of aliphatic hydroxyl groups is 1. The Labute approximate surface area is 118 Å². The molecule has 2 aromatic rings. The van der Waals surface area contributed by atoms with Crippen LogP contribution in [-0.2, 0) is 6.42 Å². The first kappa shape index (κ1) is 14.5. The SMILES string of the molecule is CCC(C)n1ccc(CC(O)c2cc(OC)ncn2)n1. The second-order valence-electron chi connectivity index (χ2n) is 4.75. The number of nitrogens with zero attached hydrogens (tertiary/aromatic N) is 4. The van der Waals surface area contributed by atoms with Gasteiger partial charge >= 0.3 is 0 Å². The van der Waals surface area contributed by atoms with Crippen molar-refractivity contribution >= 4 is 0 Å². The molecule has 2 heterocycles. The van der Waals surface area contributed by atoms with Crippen molar-refractivity contribution < 1.29 is 9.84 Å². The average Bonchev–Trinajstić information content (AvgIpc) is 2.95. The Balaban J connectivity index is 2.07. The van der Waals surface area contributed by atoms with E-state index in [1.54, 1.807) is 6.07 Å². The van der Waals surface area contributed by atoms with Crippen LogP contribution in [0.15, 0.2) is 24.7 Å². The minimum absolute atomic E-state index is 0.361. The topological polar surface area (TPSA) is 73.1 Å². The van der Waals surface area contributed by atoms with Crippen LogP contribution in [0.2, 0.25) is 0 Å². The lowest BCUT2D eigenvalue weighted by molar-refractivity contribution is 0.171. The van der Waals surface area contributed by atoms with Crippen molar-refractivity contribution in [2.24, 2.45) is 0 Å². The maximum Gasteiger partial charge on any atom is 0.216 e. The van der Waals surface area contributed by atoms with Gasteiger partial charge in [0.2, 0.25) is 5.88 Å². The second kappa shape index (κ2) is 6.47. The van der Waals surface area contributed by atoms with Gasteiger partial charge in [0.25, 0.3) is 0 Å². The molecule has 2 atom stereocenters. The first-order valence-corrected chi connectivity index (χ1v) is 6.72. The number of hydrogen-bond acceptors (Lipinski definition) is 5. The van der Waals surface area contributed by atoms with E-state index in [4.69, 9.17) is 4.74 Å². The Morgan fingerprint density at radius 1 is 1.40 bits per heavy atom. The van der Waals surface area contributed by atoms with E-state index in [2.05, 4.69) is 28.9 Å². The van der Waals surface area contributed by atoms with Crippen LogP contribution >= 0.6 is 0 Å². The van der Waals surface area contributed by atoms with E-state index < -0.39 is 6.10 Å². The molecular weight excluding hydrogens is 256 g/mol. The van der Waals surface area contributed by atoms with Crippen molar-refractivity contribution in [2.75, 3.05) is 7.11 Å². The van der Waals surface area contributed by atoms with E-state index in [0.29, 0.717) is 24.0 Å². The van der Waals surface area contributed by atoms with Crippen molar-refractivity contribution in [3.63, 3.8) is 0 Å². The van der Waals surface area contributed by atoms with Gasteiger partial charge in [-0.1, -0.05) is 6.92 Å². The molecule has 20 heavy (non-hydrogen) atoms. The zero-order valence-corrected chi connectivity index (χ0v) is 12.0. The minimum atomic E-state index is -0.716. The smallest absolute Gasteiger partial charge is 0.216 e. The summed E-state index contributed by atoms with van der Waals surface area (Å²) in [5.74, 6) is 0.444. The average molecular weight is 276 g/mol. The summed E-state index contributed by atoms with van der Waals surface area (Å²) in [6.07, 6.45) is 4.05. The fraction of sp³-hybridized carbons (Fsp3) is 0.500. The quantitative estimate of drug-likeness (QED) is 0.872. The number of ether oxygens (including phenoxy) is 1. The van der Waals surface area contributed by atoms with Crippen LogP contribution in [0.5, 0.6) is 5.88 Å². The number of methoxy groups -OCH3 is 1. The highest BCUT2D eigenvalue weighted by molar-refractivity contribution is 5.17. The van der Waals surface area contributed by atoms with Gasteiger partial charge in [0.1, 0.15) is 12.4 Å². The second-order valence-corrected chi connectivity index (χ2v) is 4.75. The van der Waals surface area contributed by atoms with Crippen molar-refractivity contribution in [3.05, 3.63) is 36.0 Å². The molecule has 0 spiro atoms. The first-order chi connectivity index (χ1) is 9.63. The maximum absolute atomic E-state index is 10.2. The molecule has 0 aliphatic rings. The zero-order valence-electron chi connectivity index (χ0n) is 12.0. The van der Waals surface area contributed by atoms with Crippen LogP contribution < -0.4 is 4.74 Å². The van der Waals surface area contributed by atoms with E-state index in [-0.39, 0.29) is 0 Å². The zero-order chi connectivity index (χ0) is 14.5. The van der Waals surface area contributed by atoms with E-state index in [0.717, 1.165) is 12.1 Å². The fourth-order valence-corrected chi connectivity index (χ4v) is 1.87. The summed E-state index contributed by atoms with van der Waals surface area (Å²) in [6, 6.07) is 3.92. The van der Waals surface area contributed by atoms with E-state index >= 15 is 0 Å². The molecule has 2 rings (SSSR count). The third-order valence-corrected chi connectivity index (χ3v) is 3.32. The molecule has 1 N–H and O–H groups in total. The summed E-state index contributed by atoms with van der Waals surface area (Å²) in [4.78, 5) is 7.99. The molecule has 0 aromatic carbocycles. The third kappa shape index (κ3) is 3.33.